The molecule has 0 aromatic heterocycles. The molecule has 20 heavy (non-hydrogen) atoms. The van der Waals surface area contributed by atoms with E-state index in [-0.39, 0.29) is 0 Å². The highest BCUT2D eigenvalue weighted by Gasteiger charge is 2.32. The molecule has 2 nitrogen and oxygen atoms in total. The lowest BCUT2D eigenvalue weighted by molar-refractivity contribution is 0.0649. The molecule has 0 bridgehead atoms. The Morgan fingerprint density at radius 2 is 1.75 bits per heavy atom. The number of nitrogens with one attached hydrogen (secondary N) is 1. The first-order chi connectivity index (χ1) is 9.61. The second-order valence-electron chi connectivity index (χ2n) is 7.55. The average Bonchev–Trinajstić information content (AvgIpc) is 2.43. The molecule has 0 aromatic rings. The number of nitrogens with zero attached hydrogens (tertiary/aromatic N) is 1. The minimum atomic E-state index is 0.684. The molecule has 4 unspecified atom stereocenters. The van der Waals surface area contributed by atoms with Crippen molar-refractivity contribution in [3.8, 4) is 0 Å². The molecule has 1 heterocycles. The largest absolute Gasteiger partial charge is 0.311 e. The zero-order chi connectivity index (χ0) is 14.5. The Bertz CT molecular complexity index is 277. The van der Waals surface area contributed by atoms with Gasteiger partial charge in [0.1, 0.15) is 0 Å². The lowest BCUT2D eigenvalue weighted by Crippen LogP contribution is -2.50. The van der Waals surface area contributed by atoms with Gasteiger partial charge in [-0.3, -0.25) is 4.90 Å². The summed E-state index contributed by atoms with van der Waals surface area (Å²) in [5.74, 6) is 1.79. The normalized spacial score (nSPS) is 37.6. The Kier molecular flexibility index (Phi) is 6.35. The molecule has 0 aromatic carbocycles. The smallest absolute Gasteiger partial charge is 0.0126 e. The molecule has 1 aliphatic carbocycles. The molecule has 1 N–H and O–H groups in total. The highest BCUT2D eigenvalue weighted by Crippen LogP contribution is 2.34. The second kappa shape index (κ2) is 7.79. The van der Waals surface area contributed by atoms with Crippen molar-refractivity contribution in [1.29, 1.82) is 0 Å². The molecule has 0 radical (unpaired) electrons. The molecular formula is C18H36N2. The minimum absolute atomic E-state index is 0.684. The van der Waals surface area contributed by atoms with Crippen LogP contribution in [0.5, 0.6) is 0 Å². The fourth-order valence-corrected chi connectivity index (χ4v) is 4.39. The first kappa shape index (κ1) is 16.3. The first-order valence-corrected chi connectivity index (χ1v) is 9.12. The van der Waals surface area contributed by atoms with Gasteiger partial charge in [0.2, 0.25) is 0 Å². The fourth-order valence-electron chi connectivity index (χ4n) is 4.39. The van der Waals surface area contributed by atoms with Gasteiger partial charge in [-0.15, -0.1) is 0 Å². The first-order valence-electron chi connectivity index (χ1n) is 9.12. The minimum Gasteiger partial charge on any atom is -0.311 e. The standard InChI is InChI=1S/C18H36N2/c1-5-16-11-13-20(12-10-15(4)19-16)18-9-7-6-8-17(18)14(2)3/h14-19H,5-13H2,1-4H3. The van der Waals surface area contributed by atoms with E-state index in [1.807, 2.05) is 0 Å². The average molecular weight is 280 g/mol. The zero-order valence-corrected chi connectivity index (χ0v) is 14.2. The summed E-state index contributed by atoms with van der Waals surface area (Å²) in [6, 6.07) is 2.28. The highest BCUT2D eigenvalue weighted by atomic mass is 15.2. The number of rotatable bonds is 3. The van der Waals surface area contributed by atoms with Gasteiger partial charge in [-0.2, -0.15) is 0 Å². The van der Waals surface area contributed by atoms with Gasteiger partial charge in [0.25, 0.3) is 0 Å². The predicted octanol–water partition coefficient (Wildman–Crippen LogP) is 4.05. The van der Waals surface area contributed by atoms with Crippen LogP contribution < -0.4 is 5.32 Å². The van der Waals surface area contributed by atoms with Gasteiger partial charge in [0, 0.05) is 18.1 Å². The summed E-state index contributed by atoms with van der Waals surface area (Å²) in [6.07, 6.45) is 9.75. The van der Waals surface area contributed by atoms with E-state index in [9.17, 15) is 0 Å². The monoisotopic (exact) mass is 280 g/mol. The number of hydrogen-bond donors (Lipinski definition) is 1. The van der Waals surface area contributed by atoms with Crippen molar-refractivity contribution in [2.45, 2.75) is 90.8 Å². The van der Waals surface area contributed by atoms with Crippen molar-refractivity contribution in [2.24, 2.45) is 11.8 Å². The summed E-state index contributed by atoms with van der Waals surface area (Å²) in [6.45, 7) is 12.2. The molecule has 118 valence electrons. The van der Waals surface area contributed by atoms with E-state index in [1.54, 1.807) is 0 Å². The molecule has 4 atom stereocenters. The van der Waals surface area contributed by atoms with Crippen molar-refractivity contribution in [2.75, 3.05) is 13.1 Å². The summed E-state index contributed by atoms with van der Waals surface area (Å²) in [5, 5.41) is 3.80. The third-order valence-corrected chi connectivity index (χ3v) is 5.73. The van der Waals surface area contributed by atoms with Crippen LogP contribution in [0.1, 0.15) is 72.6 Å². The van der Waals surface area contributed by atoms with E-state index in [0.717, 1.165) is 23.9 Å². The maximum atomic E-state index is 3.80. The van der Waals surface area contributed by atoms with Gasteiger partial charge in [-0.25, -0.2) is 0 Å². The highest BCUT2D eigenvalue weighted by molar-refractivity contribution is 4.87. The van der Waals surface area contributed by atoms with E-state index in [2.05, 4.69) is 37.9 Å². The second-order valence-corrected chi connectivity index (χ2v) is 7.55. The van der Waals surface area contributed by atoms with Gasteiger partial charge >= 0.3 is 0 Å². The van der Waals surface area contributed by atoms with Crippen molar-refractivity contribution in [3.05, 3.63) is 0 Å². The zero-order valence-electron chi connectivity index (χ0n) is 14.2. The van der Waals surface area contributed by atoms with Crippen LogP contribution in [-0.2, 0) is 0 Å². The molecule has 2 aliphatic rings. The molecular weight excluding hydrogens is 244 g/mol. The maximum absolute atomic E-state index is 3.80. The van der Waals surface area contributed by atoms with Gasteiger partial charge in [0.05, 0.1) is 0 Å². The van der Waals surface area contributed by atoms with Gasteiger partial charge in [0.15, 0.2) is 0 Å². The van der Waals surface area contributed by atoms with Crippen LogP contribution in [0, 0.1) is 11.8 Å². The van der Waals surface area contributed by atoms with Crippen LogP contribution in [0.2, 0.25) is 0 Å². The van der Waals surface area contributed by atoms with E-state index in [0.29, 0.717) is 6.04 Å². The van der Waals surface area contributed by atoms with Crippen molar-refractivity contribution >= 4 is 0 Å². The Hall–Kier alpha value is -0.0800. The molecule has 0 amide bonds. The number of hydrogen-bond acceptors (Lipinski definition) is 2. The molecule has 1 saturated heterocycles. The van der Waals surface area contributed by atoms with Gasteiger partial charge in [-0.1, -0.05) is 33.6 Å². The molecule has 2 heteroatoms. The van der Waals surface area contributed by atoms with Crippen LogP contribution in [0.4, 0.5) is 0 Å². The topological polar surface area (TPSA) is 15.3 Å². The Morgan fingerprint density at radius 1 is 1.05 bits per heavy atom. The van der Waals surface area contributed by atoms with Crippen molar-refractivity contribution in [1.82, 2.24) is 10.2 Å². The maximum Gasteiger partial charge on any atom is 0.0126 e. The molecule has 2 rings (SSSR count). The lowest BCUT2D eigenvalue weighted by Gasteiger charge is -2.44. The Balaban J connectivity index is 2.00. The molecule has 1 saturated carbocycles. The van der Waals surface area contributed by atoms with Crippen LogP contribution in [0.25, 0.3) is 0 Å². The predicted molar refractivity (Wildman–Crippen MR) is 88.1 cm³/mol. The summed E-state index contributed by atoms with van der Waals surface area (Å²) in [7, 11) is 0. The summed E-state index contributed by atoms with van der Waals surface area (Å²) < 4.78 is 0. The van der Waals surface area contributed by atoms with E-state index < -0.39 is 0 Å². The fraction of sp³-hybridized carbons (Fsp3) is 1.00. The van der Waals surface area contributed by atoms with E-state index in [4.69, 9.17) is 0 Å². The Labute approximate surface area is 126 Å². The van der Waals surface area contributed by atoms with E-state index >= 15 is 0 Å². The van der Waals surface area contributed by atoms with Crippen molar-refractivity contribution in [3.63, 3.8) is 0 Å². The van der Waals surface area contributed by atoms with Gasteiger partial charge in [-0.05, 0) is 64.0 Å². The van der Waals surface area contributed by atoms with Crippen LogP contribution >= 0.6 is 0 Å². The summed E-state index contributed by atoms with van der Waals surface area (Å²) in [5.41, 5.74) is 0. The van der Waals surface area contributed by atoms with Crippen LogP contribution in [0.15, 0.2) is 0 Å². The molecule has 0 spiro atoms. The van der Waals surface area contributed by atoms with Gasteiger partial charge < -0.3 is 5.32 Å². The SMILES string of the molecule is CCC1CCN(C2CCCCC2C(C)C)CCC(C)N1. The van der Waals surface area contributed by atoms with Crippen molar-refractivity contribution < 1.29 is 0 Å². The quantitative estimate of drug-likeness (QED) is 0.839. The Morgan fingerprint density at radius 3 is 2.45 bits per heavy atom. The molecule has 2 fully saturated rings. The van der Waals surface area contributed by atoms with E-state index in [1.165, 1.54) is 58.0 Å². The summed E-state index contributed by atoms with van der Waals surface area (Å²) in [4.78, 5) is 2.86. The summed E-state index contributed by atoms with van der Waals surface area (Å²) >= 11 is 0. The van der Waals surface area contributed by atoms with Crippen LogP contribution in [-0.4, -0.2) is 36.1 Å². The lowest BCUT2D eigenvalue weighted by atomic mass is 9.77. The van der Waals surface area contributed by atoms with Crippen LogP contribution in [0.3, 0.4) is 0 Å². The third kappa shape index (κ3) is 4.21. The third-order valence-electron chi connectivity index (χ3n) is 5.73. The molecule has 1 aliphatic heterocycles.